The first-order chi connectivity index (χ1) is 9.47. The Morgan fingerprint density at radius 3 is 2.50 bits per heavy atom. The maximum Gasteiger partial charge on any atom is 0.165 e. The van der Waals surface area contributed by atoms with E-state index in [-0.39, 0.29) is 12.4 Å². The maximum atomic E-state index is 13.7. The van der Waals surface area contributed by atoms with Crippen molar-refractivity contribution in [2.24, 2.45) is 0 Å². The van der Waals surface area contributed by atoms with Gasteiger partial charge in [0.05, 0.1) is 6.10 Å². The van der Waals surface area contributed by atoms with E-state index in [0.29, 0.717) is 15.6 Å². The molecule has 0 saturated carbocycles. The fourth-order valence-corrected chi connectivity index (χ4v) is 2.02. The minimum atomic E-state index is -0.748. The van der Waals surface area contributed by atoms with Gasteiger partial charge in [0, 0.05) is 10.0 Å². The highest BCUT2D eigenvalue weighted by Gasteiger charge is 2.09. The first kappa shape index (κ1) is 14.9. The Kier molecular flexibility index (Phi) is 4.73. The molecule has 20 heavy (non-hydrogen) atoms. The Balaban J connectivity index is 2.11. The van der Waals surface area contributed by atoms with Gasteiger partial charge >= 0.3 is 0 Å². The fourth-order valence-electron chi connectivity index (χ4n) is 1.69. The van der Waals surface area contributed by atoms with E-state index in [1.807, 2.05) is 0 Å². The van der Waals surface area contributed by atoms with Crippen LogP contribution in [0.25, 0.3) is 0 Å². The van der Waals surface area contributed by atoms with Crippen LogP contribution in [0.3, 0.4) is 0 Å². The van der Waals surface area contributed by atoms with Crippen LogP contribution in [0, 0.1) is 11.6 Å². The van der Waals surface area contributed by atoms with Crippen molar-refractivity contribution in [3.63, 3.8) is 0 Å². The quantitative estimate of drug-likeness (QED) is 0.894. The molecule has 0 aliphatic heterocycles. The minimum absolute atomic E-state index is 0.0247. The second-order valence-electron chi connectivity index (χ2n) is 4.39. The van der Waals surface area contributed by atoms with Crippen LogP contribution in [0.5, 0.6) is 5.75 Å². The molecule has 0 aliphatic rings. The zero-order valence-corrected chi connectivity index (χ0v) is 12.3. The fraction of sp³-hybridized carbons (Fsp3) is 0.200. The predicted molar refractivity (Wildman–Crippen MR) is 75.5 cm³/mol. The van der Waals surface area contributed by atoms with Crippen LogP contribution in [0.2, 0.25) is 0 Å². The van der Waals surface area contributed by atoms with Crippen molar-refractivity contribution in [2.75, 3.05) is 0 Å². The number of aliphatic hydroxyl groups excluding tert-OH is 1. The molecule has 1 atom stereocenters. The summed E-state index contributed by atoms with van der Waals surface area (Å²) in [5.41, 5.74) is 0.803. The maximum absolute atomic E-state index is 13.7. The monoisotopic (exact) mass is 342 g/mol. The number of ether oxygens (including phenoxy) is 1. The van der Waals surface area contributed by atoms with Crippen LogP contribution in [-0.2, 0) is 6.61 Å². The summed E-state index contributed by atoms with van der Waals surface area (Å²) in [7, 11) is 0. The van der Waals surface area contributed by atoms with Gasteiger partial charge in [0.1, 0.15) is 12.4 Å². The summed E-state index contributed by atoms with van der Waals surface area (Å²) in [5.74, 6) is -0.974. The molecule has 0 heterocycles. The molecule has 0 radical (unpaired) electrons. The minimum Gasteiger partial charge on any atom is -0.486 e. The summed E-state index contributed by atoms with van der Waals surface area (Å²) in [5, 5.41) is 9.35. The van der Waals surface area contributed by atoms with Crippen molar-refractivity contribution in [2.45, 2.75) is 19.6 Å². The van der Waals surface area contributed by atoms with Gasteiger partial charge in [-0.2, -0.15) is 0 Å². The van der Waals surface area contributed by atoms with Crippen LogP contribution < -0.4 is 4.74 Å². The number of rotatable bonds is 4. The lowest BCUT2D eigenvalue weighted by atomic mass is 10.1. The smallest absolute Gasteiger partial charge is 0.165 e. The molecule has 0 aromatic heterocycles. The Morgan fingerprint density at radius 2 is 1.90 bits per heavy atom. The standard InChI is InChI=1S/C15H13BrF2O2/c1-9(19)10-3-5-15(14(18)6-10)20-8-11-2-4-12(16)7-13(11)17/h2-7,9,19H,8H2,1H3/t9-/m0/s1. The molecule has 2 aromatic carbocycles. The first-order valence-electron chi connectivity index (χ1n) is 6.01. The number of aliphatic hydroxyl groups is 1. The van der Waals surface area contributed by atoms with Gasteiger partial charge in [-0.05, 0) is 36.8 Å². The average molecular weight is 343 g/mol. The van der Waals surface area contributed by atoms with E-state index in [4.69, 9.17) is 4.74 Å². The Labute approximate surface area is 124 Å². The van der Waals surface area contributed by atoms with Crippen LogP contribution in [0.15, 0.2) is 40.9 Å². The van der Waals surface area contributed by atoms with Crippen LogP contribution >= 0.6 is 15.9 Å². The molecule has 2 nitrogen and oxygen atoms in total. The van der Waals surface area contributed by atoms with Gasteiger partial charge in [-0.1, -0.05) is 28.1 Å². The highest BCUT2D eigenvalue weighted by Crippen LogP contribution is 2.23. The highest BCUT2D eigenvalue weighted by atomic mass is 79.9. The summed E-state index contributed by atoms with van der Waals surface area (Å²) in [6, 6.07) is 8.79. The molecule has 0 spiro atoms. The van der Waals surface area contributed by atoms with E-state index in [9.17, 15) is 13.9 Å². The van der Waals surface area contributed by atoms with Gasteiger partial charge in [-0.25, -0.2) is 8.78 Å². The predicted octanol–water partition coefficient (Wildman–Crippen LogP) is 4.36. The Bertz CT molecular complexity index is 615. The Morgan fingerprint density at radius 1 is 1.15 bits per heavy atom. The summed E-state index contributed by atoms with van der Waals surface area (Å²) in [6.45, 7) is 1.48. The van der Waals surface area contributed by atoms with Gasteiger partial charge in [0.2, 0.25) is 0 Å². The molecule has 1 N–H and O–H groups in total. The normalized spacial score (nSPS) is 12.2. The summed E-state index contributed by atoms with van der Waals surface area (Å²) >= 11 is 3.16. The molecule has 5 heteroatoms. The second kappa shape index (κ2) is 6.33. The topological polar surface area (TPSA) is 29.5 Å². The van der Waals surface area contributed by atoms with Gasteiger partial charge < -0.3 is 9.84 Å². The molecular formula is C15H13BrF2O2. The summed E-state index contributed by atoms with van der Waals surface area (Å²) in [4.78, 5) is 0. The van der Waals surface area contributed by atoms with E-state index < -0.39 is 17.7 Å². The van der Waals surface area contributed by atoms with Crippen molar-refractivity contribution < 1.29 is 18.6 Å². The molecule has 2 rings (SSSR count). The van der Waals surface area contributed by atoms with E-state index in [0.717, 1.165) is 0 Å². The number of hydrogen-bond acceptors (Lipinski definition) is 2. The molecule has 2 aromatic rings. The molecule has 0 amide bonds. The van der Waals surface area contributed by atoms with Crippen molar-refractivity contribution in [3.8, 4) is 5.75 Å². The molecule has 106 valence electrons. The third-order valence-corrected chi connectivity index (χ3v) is 3.33. The third-order valence-electron chi connectivity index (χ3n) is 2.84. The van der Waals surface area contributed by atoms with Crippen molar-refractivity contribution in [1.29, 1.82) is 0 Å². The molecule has 0 unspecified atom stereocenters. The lowest BCUT2D eigenvalue weighted by Crippen LogP contribution is -2.01. The van der Waals surface area contributed by atoms with Crippen LogP contribution in [0.1, 0.15) is 24.2 Å². The van der Waals surface area contributed by atoms with Crippen LogP contribution in [0.4, 0.5) is 8.78 Å². The van der Waals surface area contributed by atoms with Gasteiger partial charge in [-0.15, -0.1) is 0 Å². The molecule has 0 fully saturated rings. The first-order valence-corrected chi connectivity index (χ1v) is 6.81. The van der Waals surface area contributed by atoms with E-state index in [1.54, 1.807) is 25.1 Å². The molecular weight excluding hydrogens is 330 g/mol. The highest BCUT2D eigenvalue weighted by molar-refractivity contribution is 9.10. The van der Waals surface area contributed by atoms with Crippen molar-refractivity contribution >= 4 is 15.9 Å². The Hall–Kier alpha value is -1.46. The van der Waals surface area contributed by atoms with E-state index in [1.165, 1.54) is 18.2 Å². The average Bonchev–Trinajstić information content (AvgIpc) is 2.38. The second-order valence-corrected chi connectivity index (χ2v) is 5.31. The van der Waals surface area contributed by atoms with E-state index in [2.05, 4.69) is 15.9 Å². The third kappa shape index (κ3) is 3.55. The lowest BCUT2D eigenvalue weighted by molar-refractivity contribution is 0.198. The molecule has 0 aliphatic carbocycles. The largest absolute Gasteiger partial charge is 0.486 e. The van der Waals surface area contributed by atoms with E-state index >= 15 is 0 Å². The van der Waals surface area contributed by atoms with Gasteiger partial charge in [0.25, 0.3) is 0 Å². The number of hydrogen-bond donors (Lipinski definition) is 1. The zero-order chi connectivity index (χ0) is 14.7. The SMILES string of the molecule is C[C@H](O)c1ccc(OCc2ccc(Br)cc2F)c(F)c1. The summed E-state index contributed by atoms with van der Waals surface area (Å²) < 4.78 is 33.2. The summed E-state index contributed by atoms with van der Waals surface area (Å²) in [6.07, 6.45) is -0.748. The lowest BCUT2D eigenvalue weighted by Gasteiger charge is -2.10. The molecule has 0 saturated heterocycles. The van der Waals surface area contributed by atoms with Gasteiger partial charge in [0.15, 0.2) is 11.6 Å². The number of halogens is 3. The number of benzene rings is 2. The van der Waals surface area contributed by atoms with Gasteiger partial charge in [-0.3, -0.25) is 0 Å². The van der Waals surface area contributed by atoms with Crippen molar-refractivity contribution in [1.82, 2.24) is 0 Å². The van der Waals surface area contributed by atoms with Crippen molar-refractivity contribution in [3.05, 3.63) is 63.6 Å². The zero-order valence-electron chi connectivity index (χ0n) is 10.7. The van der Waals surface area contributed by atoms with Crippen LogP contribution in [-0.4, -0.2) is 5.11 Å². The molecule has 0 bridgehead atoms.